The smallest absolute Gasteiger partial charge is 0.326 e. The van der Waals surface area contributed by atoms with E-state index < -0.39 is 42.5 Å². The predicted molar refractivity (Wildman–Crippen MR) is 141 cm³/mol. The maximum Gasteiger partial charge on any atom is 0.326 e. The standard InChI is InChI=1S/C28H31NO5SSi/c1-20-15-17-21(18-16-20)35(31,32)29-25-24(34-27(30)26(25)29)19-33-36(28(2,3)4,22-11-7-5-8-12-22)23-13-9-6-10-14-23/h5-18,24-26H,19H2,1-4H3/t24-,25-,26-,29?/m1/s1. The lowest BCUT2D eigenvalue weighted by molar-refractivity contribution is -0.146. The Morgan fingerprint density at radius 2 is 1.42 bits per heavy atom. The van der Waals surface area contributed by atoms with Crippen LogP contribution in [0.5, 0.6) is 0 Å². The van der Waals surface area contributed by atoms with Crippen LogP contribution in [0.4, 0.5) is 0 Å². The van der Waals surface area contributed by atoms with E-state index >= 15 is 0 Å². The summed E-state index contributed by atoms with van der Waals surface area (Å²) in [4.78, 5) is 12.8. The number of nitrogens with zero attached hydrogens (tertiary/aromatic N) is 1. The van der Waals surface area contributed by atoms with Gasteiger partial charge in [0, 0.05) is 0 Å². The number of hydrogen-bond donors (Lipinski definition) is 0. The molecule has 0 spiro atoms. The van der Waals surface area contributed by atoms with E-state index in [2.05, 4.69) is 45.0 Å². The highest BCUT2D eigenvalue weighted by Gasteiger charge is 2.69. The maximum absolute atomic E-state index is 13.3. The molecule has 8 heteroatoms. The Hall–Kier alpha value is -2.78. The van der Waals surface area contributed by atoms with Crippen molar-refractivity contribution in [2.75, 3.05) is 6.61 Å². The molecule has 0 aliphatic carbocycles. The molecular weight excluding hydrogens is 490 g/mol. The zero-order chi connectivity index (χ0) is 25.7. The molecule has 2 saturated heterocycles. The Morgan fingerprint density at radius 1 is 0.889 bits per heavy atom. The number of aryl methyl sites for hydroxylation is 1. The first-order valence-electron chi connectivity index (χ1n) is 12.1. The SMILES string of the molecule is Cc1ccc(S(=O)(=O)N2[C@@H]3[C@@H](CO[Si](c4ccccc4)(c4ccccc4)C(C)(C)C)OC(=O)[C@@H]32)cc1. The Morgan fingerprint density at radius 3 is 1.92 bits per heavy atom. The summed E-state index contributed by atoms with van der Waals surface area (Å²) >= 11 is 0. The summed E-state index contributed by atoms with van der Waals surface area (Å²) < 4.78 is 40.4. The lowest BCUT2D eigenvalue weighted by Gasteiger charge is -2.43. The highest BCUT2D eigenvalue weighted by molar-refractivity contribution is 7.89. The van der Waals surface area contributed by atoms with Gasteiger partial charge in [-0.15, -0.1) is 0 Å². The van der Waals surface area contributed by atoms with Crippen molar-refractivity contribution >= 4 is 34.7 Å². The Balaban J connectivity index is 1.46. The quantitative estimate of drug-likeness (QED) is 0.271. The second-order valence-corrected chi connectivity index (χ2v) is 16.7. The lowest BCUT2D eigenvalue weighted by Crippen LogP contribution is -2.67. The van der Waals surface area contributed by atoms with E-state index in [0.29, 0.717) is 0 Å². The van der Waals surface area contributed by atoms with E-state index in [1.54, 1.807) is 24.3 Å². The van der Waals surface area contributed by atoms with Crippen molar-refractivity contribution in [1.29, 1.82) is 0 Å². The van der Waals surface area contributed by atoms with Crippen LogP contribution in [0.1, 0.15) is 26.3 Å². The normalized spacial score (nSPS) is 23.7. The van der Waals surface area contributed by atoms with Crippen LogP contribution in [-0.4, -0.2) is 51.8 Å². The van der Waals surface area contributed by atoms with Gasteiger partial charge in [0.05, 0.1) is 17.5 Å². The summed E-state index contributed by atoms with van der Waals surface area (Å²) in [7, 11) is -6.65. The number of morpholine rings is 1. The van der Waals surface area contributed by atoms with Crippen molar-refractivity contribution in [3.05, 3.63) is 90.5 Å². The average Bonchev–Trinajstić information content (AvgIpc) is 3.54. The van der Waals surface area contributed by atoms with E-state index in [0.717, 1.165) is 15.9 Å². The van der Waals surface area contributed by atoms with E-state index in [4.69, 9.17) is 9.16 Å². The van der Waals surface area contributed by atoms with Gasteiger partial charge in [0.15, 0.2) is 0 Å². The van der Waals surface area contributed by atoms with E-state index in [1.165, 1.54) is 4.31 Å². The Labute approximate surface area is 214 Å². The average molecular weight is 522 g/mol. The van der Waals surface area contributed by atoms with Gasteiger partial charge in [-0.3, -0.25) is 4.79 Å². The van der Waals surface area contributed by atoms with Crippen molar-refractivity contribution < 1.29 is 22.4 Å². The molecule has 0 saturated carbocycles. The molecule has 4 atom stereocenters. The first kappa shape index (κ1) is 24.9. The molecule has 1 unspecified atom stereocenters. The first-order valence-corrected chi connectivity index (χ1v) is 15.5. The first-order chi connectivity index (χ1) is 17.1. The Kier molecular flexibility index (Phi) is 6.19. The summed E-state index contributed by atoms with van der Waals surface area (Å²) in [5.74, 6) is -0.508. The second-order valence-electron chi connectivity index (χ2n) is 10.5. The molecule has 3 aromatic carbocycles. The molecule has 3 aromatic rings. The number of cyclic esters (lactones) is 1. The molecule has 6 nitrogen and oxygen atoms in total. The van der Waals surface area contributed by atoms with Crippen LogP contribution in [0.15, 0.2) is 89.8 Å². The fraction of sp³-hybridized carbons (Fsp3) is 0.321. The van der Waals surface area contributed by atoms with Crippen molar-refractivity contribution in [1.82, 2.24) is 4.31 Å². The number of benzene rings is 3. The molecule has 36 heavy (non-hydrogen) atoms. The summed E-state index contributed by atoms with van der Waals surface area (Å²) in [6.45, 7) is 8.55. The molecule has 0 N–H and O–H groups in total. The minimum absolute atomic E-state index is 0.125. The minimum Gasteiger partial charge on any atom is -0.457 e. The monoisotopic (exact) mass is 521 g/mol. The van der Waals surface area contributed by atoms with Crippen molar-refractivity contribution in [3.8, 4) is 0 Å². The molecule has 0 radical (unpaired) electrons. The van der Waals surface area contributed by atoms with Crippen LogP contribution in [0.3, 0.4) is 0 Å². The zero-order valence-electron chi connectivity index (χ0n) is 20.9. The van der Waals surface area contributed by atoms with Crippen LogP contribution in [0.25, 0.3) is 0 Å². The van der Waals surface area contributed by atoms with Gasteiger partial charge in [0.1, 0.15) is 12.1 Å². The number of ether oxygens (including phenoxy) is 1. The molecular formula is C28H31NO5SSi. The maximum atomic E-state index is 13.3. The van der Waals surface area contributed by atoms with Crippen molar-refractivity contribution in [2.24, 2.45) is 0 Å². The van der Waals surface area contributed by atoms with Gasteiger partial charge < -0.3 is 9.16 Å². The molecule has 188 valence electrons. The van der Waals surface area contributed by atoms with Crippen molar-refractivity contribution in [2.45, 2.75) is 55.8 Å². The summed E-state index contributed by atoms with van der Waals surface area (Å²) in [6.07, 6.45) is -0.663. The Bertz CT molecular complexity index is 1320. The summed E-state index contributed by atoms with van der Waals surface area (Å²) in [5.41, 5.74) is 0.968. The van der Waals surface area contributed by atoms with Gasteiger partial charge >= 0.3 is 5.97 Å². The van der Waals surface area contributed by atoms with Crippen molar-refractivity contribution in [3.63, 3.8) is 0 Å². The molecule has 0 bridgehead atoms. The number of esters is 1. The van der Waals surface area contributed by atoms with Crippen LogP contribution >= 0.6 is 0 Å². The number of hydrogen-bond acceptors (Lipinski definition) is 5. The fourth-order valence-corrected chi connectivity index (χ4v) is 11.7. The van der Waals surface area contributed by atoms with Gasteiger partial charge in [-0.25, -0.2) is 8.42 Å². The second kappa shape index (κ2) is 8.95. The molecule has 5 rings (SSSR count). The number of carbonyl (C=O) groups is 1. The minimum atomic E-state index is -3.81. The van der Waals surface area contributed by atoms with Gasteiger partial charge in [-0.05, 0) is 34.5 Å². The van der Waals surface area contributed by atoms with Gasteiger partial charge in [0.25, 0.3) is 8.32 Å². The third-order valence-corrected chi connectivity index (χ3v) is 14.1. The molecule has 0 amide bonds. The number of carbonyl (C=O) groups excluding carboxylic acids is 1. The van der Waals surface area contributed by atoms with Gasteiger partial charge in [-0.2, -0.15) is 4.31 Å². The van der Waals surface area contributed by atoms with Gasteiger partial charge in [0.2, 0.25) is 10.0 Å². The fourth-order valence-electron chi connectivity index (χ4n) is 5.37. The van der Waals surface area contributed by atoms with Crippen LogP contribution in [0, 0.1) is 6.92 Å². The highest BCUT2D eigenvalue weighted by atomic mass is 32.2. The number of rotatable bonds is 7. The van der Waals surface area contributed by atoms with E-state index in [9.17, 15) is 13.2 Å². The third-order valence-electron chi connectivity index (χ3n) is 7.17. The molecule has 0 aromatic heterocycles. The van der Waals surface area contributed by atoms with Crippen LogP contribution in [-0.2, 0) is 24.0 Å². The molecule has 2 aliphatic heterocycles. The number of fused-ring (bicyclic) bond motifs is 1. The molecule has 2 aliphatic rings. The molecule has 2 heterocycles. The van der Waals surface area contributed by atoms with Crippen LogP contribution < -0.4 is 10.4 Å². The van der Waals surface area contributed by atoms with E-state index in [-0.39, 0.29) is 16.5 Å². The summed E-state index contributed by atoms with van der Waals surface area (Å²) in [6, 6.07) is 25.7. The third kappa shape index (κ3) is 4.02. The highest BCUT2D eigenvalue weighted by Crippen LogP contribution is 2.45. The lowest BCUT2D eigenvalue weighted by atomic mass is 10.2. The molecule has 2 fully saturated rings. The topological polar surface area (TPSA) is 72.7 Å². The van der Waals surface area contributed by atoms with Gasteiger partial charge in [-0.1, -0.05) is 99.1 Å². The number of sulfonamides is 1. The van der Waals surface area contributed by atoms with Crippen LogP contribution in [0.2, 0.25) is 5.04 Å². The summed E-state index contributed by atoms with van der Waals surface area (Å²) in [5, 5.41) is 1.99. The predicted octanol–water partition coefficient (Wildman–Crippen LogP) is 3.24. The largest absolute Gasteiger partial charge is 0.457 e. The zero-order valence-corrected chi connectivity index (χ0v) is 22.7. The van der Waals surface area contributed by atoms with E-state index in [1.807, 2.05) is 43.3 Å².